The van der Waals surface area contributed by atoms with E-state index in [1.807, 2.05) is 0 Å². The molecule has 380 valence electrons. The van der Waals surface area contributed by atoms with Crippen molar-refractivity contribution < 1.29 is 34.0 Å². The predicted molar refractivity (Wildman–Crippen MR) is 273 cm³/mol. The van der Waals surface area contributed by atoms with Gasteiger partial charge in [0.15, 0.2) is 0 Å². The standard InChI is InChI=1S/2C25H31ClN6O3.H2O/c2*1-34-21-15-32(10-3-2-8-29-24-16(14-27)5-4-9-30-24)11-6-20(21)31-25(33)18-13-19(26)22(28)17-7-12-35-23(17)18;/h2*4-5,9,13,20-21H,2-3,6-8,10-12,15,28H2,1H3,(H,29,30)(H,31,33);1H2/t2*20-,21+;/m00./s1. The molecule has 4 aromatic rings. The molecule has 10 N–H and O–H groups in total. The molecule has 21 heteroatoms. The normalized spacial score (nSPS) is 19.2. The van der Waals surface area contributed by atoms with Crippen LogP contribution in [0, 0.1) is 22.7 Å². The Morgan fingerprint density at radius 2 is 1.15 bits per heavy atom. The first kappa shape index (κ1) is 54.2. The number of halogens is 2. The number of pyridine rings is 2. The molecular weight excluding hydrogens is 952 g/mol. The third-order valence-corrected chi connectivity index (χ3v) is 13.8. The van der Waals surface area contributed by atoms with E-state index in [2.05, 4.69) is 53.2 Å². The van der Waals surface area contributed by atoms with E-state index in [0.717, 1.165) is 102 Å². The van der Waals surface area contributed by atoms with Gasteiger partial charge in [-0.3, -0.25) is 9.59 Å². The van der Waals surface area contributed by atoms with Crippen LogP contribution in [0.15, 0.2) is 48.8 Å². The van der Waals surface area contributed by atoms with Gasteiger partial charge in [-0.05, 0) is 88.0 Å². The summed E-state index contributed by atoms with van der Waals surface area (Å²) in [6.07, 6.45) is 9.92. The van der Waals surface area contributed by atoms with Gasteiger partial charge in [0, 0.05) is 89.9 Å². The average Bonchev–Trinajstić information content (AvgIpc) is 4.09. The van der Waals surface area contributed by atoms with Crippen LogP contribution >= 0.6 is 23.2 Å². The number of nitrogens with one attached hydrogen (secondary N) is 4. The zero-order chi connectivity index (χ0) is 49.6. The number of fused-ring (bicyclic) bond motifs is 2. The van der Waals surface area contributed by atoms with E-state index in [9.17, 15) is 9.59 Å². The van der Waals surface area contributed by atoms with Crippen molar-refractivity contribution in [3.05, 3.63) is 92.2 Å². The second-order valence-electron chi connectivity index (χ2n) is 17.6. The highest BCUT2D eigenvalue weighted by Crippen LogP contribution is 2.40. The number of piperidine rings is 2. The molecular formula is C50H64Cl2N12O7. The van der Waals surface area contributed by atoms with Crippen LogP contribution in [-0.4, -0.2) is 141 Å². The molecule has 2 amide bonds. The quantitative estimate of drug-likeness (QED) is 0.0574. The molecule has 4 atom stereocenters. The smallest absolute Gasteiger partial charge is 0.255 e. The fourth-order valence-corrected chi connectivity index (χ4v) is 9.79. The van der Waals surface area contributed by atoms with Gasteiger partial charge in [0.2, 0.25) is 0 Å². The molecule has 0 bridgehead atoms. The summed E-state index contributed by atoms with van der Waals surface area (Å²) in [4.78, 5) is 39.4. The first-order chi connectivity index (χ1) is 34.0. The minimum Gasteiger partial charge on any atom is -0.492 e. The summed E-state index contributed by atoms with van der Waals surface area (Å²) in [5, 5.41) is 31.8. The van der Waals surface area contributed by atoms with Gasteiger partial charge < -0.3 is 67.0 Å². The van der Waals surface area contributed by atoms with E-state index >= 15 is 0 Å². The van der Waals surface area contributed by atoms with Crippen LogP contribution in [0.4, 0.5) is 23.0 Å². The van der Waals surface area contributed by atoms with Gasteiger partial charge >= 0.3 is 0 Å². The van der Waals surface area contributed by atoms with E-state index < -0.39 is 0 Å². The van der Waals surface area contributed by atoms with Crippen molar-refractivity contribution in [3.8, 4) is 23.6 Å². The lowest BCUT2D eigenvalue weighted by Crippen LogP contribution is -2.54. The molecule has 4 aliphatic heterocycles. The number of amides is 2. The summed E-state index contributed by atoms with van der Waals surface area (Å²) in [7, 11) is 3.36. The second-order valence-corrected chi connectivity index (χ2v) is 18.4. The van der Waals surface area contributed by atoms with Crippen LogP contribution in [0.5, 0.6) is 11.5 Å². The Kier molecular flexibility index (Phi) is 20.1. The monoisotopic (exact) mass is 1010 g/mol. The number of rotatable bonds is 18. The number of carbonyl (C=O) groups is 2. The summed E-state index contributed by atoms with van der Waals surface area (Å²) in [6.45, 7) is 7.59. The van der Waals surface area contributed by atoms with E-state index in [0.29, 0.717) is 92.9 Å². The van der Waals surface area contributed by atoms with Gasteiger partial charge in [-0.1, -0.05) is 23.2 Å². The Balaban J connectivity index is 0.000000229. The maximum Gasteiger partial charge on any atom is 0.255 e. The minimum atomic E-state index is -0.220. The first-order valence-electron chi connectivity index (χ1n) is 23.8. The van der Waals surface area contributed by atoms with Crippen molar-refractivity contribution in [2.45, 2.75) is 75.7 Å². The number of aromatic nitrogens is 2. The van der Waals surface area contributed by atoms with Gasteiger partial charge in [0.25, 0.3) is 11.8 Å². The molecule has 2 aromatic heterocycles. The molecule has 2 saturated heterocycles. The number of methoxy groups -OCH3 is 2. The number of nitrogen functional groups attached to an aromatic ring is 2. The number of nitrogens with zero attached hydrogens (tertiary/aromatic N) is 6. The Morgan fingerprint density at radius 1 is 0.732 bits per heavy atom. The number of ether oxygens (including phenoxy) is 4. The summed E-state index contributed by atoms with van der Waals surface area (Å²) in [6, 6.07) is 14.3. The Morgan fingerprint density at radius 3 is 1.55 bits per heavy atom. The van der Waals surface area contributed by atoms with Crippen LogP contribution < -0.4 is 42.2 Å². The second kappa shape index (κ2) is 26.3. The van der Waals surface area contributed by atoms with Crippen molar-refractivity contribution >= 4 is 58.0 Å². The number of likely N-dealkylation sites (tertiary alicyclic amines) is 2. The molecule has 2 fully saturated rings. The summed E-state index contributed by atoms with van der Waals surface area (Å²) < 4.78 is 22.8. The number of anilines is 4. The SMILES string of the molecule is CO[C@@H]1CN(CCCCNc2ncccc2C#N)CC[C@@H]1NC(=O)c1cc(Cl)c(N)c2c1OCC2.CO[C@@H]1CN(CCCCNc2ncccc2C#N)CC[C@@H]1NC(=O)c1cc(Cl)c(N)c2c1OCC2.O. The lowest BCUT2D eigenvalue weighted by molar-refractivity contribution is 0.00606. The Labute approximate surface area is 424 Å². The molecule has 2 aromatic carbocycles. The van der Waals surface area contributed by atoms with Gasteiger partial charge in [0.1, 0.15) is 35.3 Å². The van der Waals surface area contributed by atoms with Gasteiger partial charge in [-0.25, -0.2) is 9.97 Å². The Hall–Kier alpha value is -6.16. The van der Waals surface area contributed by atoms with Crippen molar-refractivity contribution in [1.29, 1.82) is 10.5 Å². The number of carbonyl (C=O) groups excluding carboxylic acids is 2. The topological polar surface area (TPSA) is 283 Å². The zero-order valence-electron chi connectivity index (χ0n) is 40.2. The maximum absolute atomic E-state index is 13.1. The average molecular weight is 1020 g/mol. The summed E-state index contributed by atoms with van der Waals surface area (Å²) in [5.41, 5.74) is 16.7. The molecule has 19 nitrogen and oxygen atoms in total. The van der Waals surface area contributed by atoms with Crippen molar-refractivity contribution in [2.75, 3.05) is 102 Å². The highest BCUT2D eigenvalue weighted by molar-refractivity contribution is 6.34. The molecule has 6 heterocycles. The van der Waals surface area contributed by atoms with Crippen molar-refractivity contribution in [2.24, 2.45) is 0 Å². The fraction of sp³-hybridized carbons (Fsp3) is 0.480. The van der Waals surface area contributed by atoms with E-state index in [1.165, 1.54) is 0 Å². The molecule has 0 unspecified atom stereocenters. The van der Waals surface area contributed by atoms with Gasteiger partial charge in [-0.2, -0.15) is 10.5 Å². The maximum atomic E-state index is 13.1. The van der Waals surface area contributed by atoms with Crippen LogP contribution in [0.3, 0.4) is 0 Å². The molecule has 0 spiro atoms. The lowest BCUT2D eigenvalue weighted by atomic mass is 9.99. The van der Waals surface area contributed by atoms with E-state index in [1.54, 1.807) is 63.0 Å². The van der Waals surface area contributed by atoms with Gasteiger partial charge in [-0.15, -0.1) is 0 Å². The highest BCUT2D eigenvalue weighted by atomic mass is 35.5. The zero-order valence-corrected chi connectivity index (χ0v) is 41.7. The van der Waals surface area contributed by atoms with Crippen molar-refractivity contribution in [3.63, 3.8) is 0 Å². The molecule has 0 radical (unpaired) electrons. The number of nitriles is 2. The molecule has 0 saturated carbocycles. The van der Waals surface area contributed by atoms with E-state index in [-0.39, 0.29) is 41.6 Å². The largest absolute Gasteiger partial charge is 0.492 e. The molecule has 0 aliphatic carbocycles. The number of hydrogen-bond acceptors (Lipinski definition) is 16. The first-order valence-corrected chi connectivity index (χ1v) is 24.6. The summed E-state index contributed by atoms with van der Waals surface area (Å²) in [5.74, 6) is 1.90. The predicted octanol–water partition coefficient (Wildman–Crippen LogP) is 4.85. The fourth-order valence-electron chi connectivity index (χ4n) is 9.35. The highest BCUT2D eigenvalue weighted by Gasteiger charge is 2.34. The molecule has 4 aliphatic rings. The van der Waals surface area contributed by atoms with Crippen LogP contribution in [0.2, 0.25) is 10.0 Å². The Bertz CT molecular complexity index is 2390. The number of nitrogens with two attached hydrogens (primary N) is 2. The lowest BCUT2D eigenvalue weighted by Gasteiger charge is -2.38. The number of benzene rings is 2. The third-order valence-electron chi connectivity index (χ3n) is 13.2. The van der Waals surface area contributed by atoms with Crippen LogP contribution in [0.1, 0.15) is 81.5 Å². The van der Waals surface area contributed by atoms with Gasteiger partial charge in [0.05, 0.1) is 81.2 Å². The van der Waals surface area contributed by atoms with E-state index in [4.69, 9.17) is 64.1 Å². The number of unbranched alkanes of at least 4 members (excludes halogenated alkanes) is 2. The third kappa shape index (κ3) is 13.6. The minimum absolute atomic E-state index is 0. The van der Waals surface area contributed by atoms with Crippen LogP contribution in [0.25, 0.3) is 0 Å². The molecule has 71 heavy (non-hydrogen) atoms. The molecule has 8 rings (SSSR count). The van der Waals surface area contributed by atoms with Crippen LogP contribution in [-0.2, 0) is 22.3 Å². The van der Waals surface area contributed by atoms with Crippen molar-refractivity contribution in [1.82, 2.24) is 30.4 Å². The summed E-state index contributed by atoms with van der Waals surface area (Å²) >= 11 is 12.5. The number of hydrogen-bond donors (Lipinski definition) is 6.